The summed E-state index contributed by atoms with van der Waals surface area (Å²) in [6.07, 6.45) is 0.199. The van der Waals surface area contributed by atoms with E-state index in [0.717, 1.165) is 6.29 Å². The summed E-state index contributed by atoms with van der Waals surface area (Å²) < 4.78 is 5.31. The standard InChI is InChI=1S/C14H19NO3/c1-11(10-16)15(12-8-6-5-7-9-12)13(17)18-14(2,3)4/h5-11H,1-4H3/t11-/m0/s1. The highest BCUT2D eigenvalue weighted by atomic mass is 16.6. The zero-order valence-electron chi connectivity index (χ0n) is 11.2. The highest BCUT2D eigenvalue weighted by Gasteiger charge is 2.26. The monoisotopic (exact) mass is 249 g/mol. The van der Waals surface area contributed by atoms with Crippen molar-refractivity contribution in [2.24, 2.45) is 0 Å². The number of nitrogens with zero attached hydrogens (tertiary/aromatic N) is 1. The number of ether oxygens (including phenoxy) is 1. The first-order valence-corrected chi connectivity index (χ1v) is 5.87. The van der Waals surface area contributed by atoms with Crippen LogP contribution in [0.2, 0.25) is 0 Å². The fraction of sp³-hybridized carbons (Fsp3) is 0.429. The maximum Gasteiger partial charge on any atom is 0.415 e. The van der Waals surface area contributed by atoms with E-state index in [-0.39, 0.29) is 0 Å². The molecule has 1 aromatic rings. The van der Waals surface area contributed by atoms with Gasteiger partial charge in [-0.3, -0.25) is 4.90 Å². The zero-order chi connectivity index (χ0) is 13.8. The van der Waals surface area contributed by atoms with Gasteiger partial charge >= 0.3 is 6.09 Å². The summed E-state index contributed by atoms with van der Waals surface area (Å²) in [7, 11) is 0. The van der Waals surface area contributed by atoms with E-state index in [1.165, 1.54) is 4.90 Å². The maximum absolute atomic E-state index is 12.1. The molecule has 0 N–H and O–H groups in total. The molecule has 1 atom stereocenters. The lowest BCUT2D eigenvalue weighted by atomic mass is 10.2. The van der Waals surface area contributed by atoms with Crippen LogP contribution in [0, 0.1) is 0 Å². The molecule has 1 amide bonds. The molecule has 4 heteroatoms. The van der Waals surface area contributed by atoms with Gasteiger partial charge in [0.25, 0.3) is 0 Å². The van der Waals surface area contributed by atoms with Crippen molar-refractivity contribution in [3.05, 3.63) is 30.3 Å². The molecule has 4 nitrogen and oxygen atoms in total. The minimum atomic E-state index is -0.591. The van der Waals surface area contributed by atoms with Gasteiger partial charge in [-0.2, -0.15) is 0 Å². The van der Waals surface area contributed by atoms with Crippen LogP contribution in [-0.2, 0) is 9.53 Å². The Morgan fingerprint density at radius 2 is 1.83 bits per heavy atom. The van der Waals surface area contributed by atoms with Crippen molar-refractivity contribution in [2.75, 3.05) is 4.90 Å². The predicted octanol–water partition coefficient (Wildman–Crippen LogP) is 3.02. The lowest BCUT2D eigenvalue weighted by molar-refractivity contribution is -0.108. The molecule has 98 valence electrons. The Balaban J connectivity index is 3.00. The van der Waals surface area contributed by atoms with Crippen LogP contribution >= 0.6 is 0 Å². The van der Waals surface area contributed by atoms with E-state index >= 15 is 0 Å². The smallest absolute Gasteiger partial charge is 0.415 e. The van der Waals surface area contributed by atoms with Crippen molar-refractivity contribution < 1.29 is 14.3 Å². The summed E-state index contributed by atoms with van der Waals surface area (Å²) in [6.45, 7) is 7.03. The van der Waals surface area contributed by atoms with E-state index in [0.29, 0.717) is 5.69 Å². The van der Waals surface area contributed by atoms with Crippen LogP contribution in [0.4, 0.5) is 10.5 Å². The molecule has 0 aliphatic heterocycles. The van der Waals surface area contributed by atoms with Gasteiger partial charge in [-0.1, -0.05) is 18.2 Å². The van der Waals surface area contributed by atoms with Crippen LogP contribution in [0.25, 0.3) is 0 Å². The Morgan fingerprint density at radius 1 is 1.28 bits per heavy atom. The number of carbonyl (C=O) groups is 2. The number of carbonyl (C=O) groups excluding carboxylic acids is 2. The summed E-state index contributed by atoms with van der Waals surface area (Å²) in [5.74, 6) is 0. The second kappa shape index (κ2) is 5.67. The van der Waals surface area contributed by atoms with Crippen molar-refractivity contribution in [1.82, 2.24) is 0 Å². The summed E-state index contributed by atoms with van der Waals surface area (Å²) in [5, 5.41) is 0. The Labute approximate surface area is 108 Å². The van der Waals surface area contributed by atoms with Crippen LogP contribution < -0.4 is 4.90 Å². The number of anilines is 1. The molecular weight excluding hydrogens is 230 g/mol. The molecule has 0 aliphatic carbocycles. The molecule has 0 saturated heterocycles. The number of aldehydes is 1. The van der Waals surface area contributed by atoms with Crippen molar-refractivity contribution in [2.45, 2.75) is 39.3 Å². The third-order valence-corrected chi connectivity index (χ3v) is 2.23. The zero-order valence-corrected chi connectivity index (χ0v) is 11.2. The average molecular weight is 249 g/mol. The second-order valence-electron chi connectivity index (χ2n) is 5.06. The highest BCUT2D eigenvalue weighted by molar-refractivity contribution is 5.92. The molecule has 0 bridgehead atoms. The van der Waals surface area contributed by atoms with E-state index in [1.54, 1.807) is 39.8 Å². The number of amides is 1. The molecule has 0 saturated carbocycles. The lowest BCUT2D eigenvalue weighted by Gasteiger charge is -2.29. The van der Waals surface area contributed by atoms with Crippen LogP contribution in [-0.4, -0.2) is 24.0 Å². The molecule has 0 aliphatic rings. The Bertz CT molecular complexity index is 409. The van der Waals surface area contributed by atoms with Gasteiger partial charge in [0.15, 0.2) is 0 Å². The molecule has 0 heterocycles. The first kappa shape index (κ1) is 14.2. The van der Waals surface area contributed by atoms with Crippen molar-refractivity contribution in [3.63, 3.8) is 0 Å². The fourth-order valence-electron chi connectivity index (χ4n) is 1.47. The van der Waals surface area contributed by atoms with Crippen molar-refractivity contribution >= 4 is 18.1 Å². The van der Waals surface area contributed by atoms with E-state index in [9.17, 15) is 9.59 Å². The summed E-state index contributed by atoms with van der Waals surface area (Å²) in [6, 6.07) is 8.44. The van der Waals surface area contributed by atoms with Crippen molar-refractivity contribution in [3.8, 4) is 0 Å². The normalized spacial score (nSPS) is 12.7. The molecule has 0 spiro atoms. The Kier molecular flexibility index (Phi) is 4.48. The van der Waals surface area contributed by atoms with Gasteiger partial charge < -0.3 is 9.53 Å². The van der Waals surface area contributed by atoms with Gasteiger partial charge in [-0.05, 0) is 39.8 Å². The van der Waals surface area contributed by atoms with E-state index in [4.69, 9.17) is 4.74 Å². The summed E-state index contributed by atoms with van der Waals surface area (Å²) in [4.78, 5) is 24.4. The van der Waals surface area contributed by atoms with Gasteiger partial charge in [0.2, 0.25) is 0 Å². The van der Waals surface area contributed by atoms with Crippen LogP contribution in [0.15, 0.2) is 30.3 Å². The van der Waals surface area contributed by atoms with Crippen LogP contribution in [0.1, 0.15) is 27.7 Å². The van der Waals surface area contributed by atoms with E-state index < -0.39 is 17.7 Å². The number of rotatable bonds is 3. The van der Waals surface area contributed by atoms with Crippen molar-refractivity contribution in [1.29, 1.82) is 0 Å². The van der Waals surface area contributed by atoms with Gasteiger partial charge in [0, 0.05) is 5.69 Å². The lowest BCUT2D eigenvalue weighted by Crippen LogP contribution is -2.43. The first-order valence-electron chi connectivity index (χ1n) is 5.87. The summed E-state index contributed by atoms with van der Waals surface area (Å²) in [5.41, 5.74) is 0.0542. The minimum absolute atomic E-state index is 0.520. The molecule has 0 aromatic heterocycles. The Hall–Kier alpha value is -1.84. The predicted molar refractivity (Wildman–Crippen MR) is 70.7 cm³/mol. The molecule has 0 radical (unpaired) electrons. The first-order chi connectivity index (χ1) is 8.35. The molecule has 0 fully saturated rings. The third-order valence-electron chi connectivity index (χ3n) is 2.23. The molecule has 18 heavy (non-hydrogen) atoms. The van der Waals surface area contributed by atoms with Gasteiger partial charge in [0.05, 0.1) is 6.04 Å². The Morgan fingerprint density at radius 3 is 2.28 bits per heavy atom. The highest BCUT2D eigenvalue weighted by Crippen LogP contribution is 2.19. The third kappa shape index (κ3) is 3.87. The van der Waals surface area contributed by atoms with Crippen LogP contribution in [0.5, 0.6) is 0 Å². The van der Waals surface area contributed by atoms with Gasteiger partial charge in [-0.15, -0.1) is 0 Å². The summed E-state index contributed by atoms with van der Waals surface area (Å²) >= 11 is 0. The number of hydrogen-bond acceptors (Lipinski definition) is 3. The largest absolute Gasteiger partial charge is 0.443 e. The average Bonchev–Trinajstić information content (AvgIpc) is 2.28. The molecule has 1 rings (SSSR count). The maximum atomic E-state index is 12.1. The van der Waals surface area contributed by atoms with E-state index in [2.05, 4.69) is 0 Å². The fourth-order valence-corrected chi connectivity index (χ4v) is 1.47. The number of benzene rings is 1. The number of para-hydroxylation sites is 1. The molecule has 1 aromatic carbocycles. The molecule has 0 unspecified atom stereocenters. The molecular formula is C14H19NO3. The van der Waals surface area contributed by atoms with Crippen LogP contribution in [0.3, 0.4) is 0 Å². The second-order valence-corrected chi connectivity index (χ2v) is 5.06. The number of hydrogen-bond donors (Lipinski definition) is 0. The SMILES string of the molecule is C[C@@H](C=O)N(C(=O)OC(C)(C)C)c1ccccc1. The topological polar surface area (TPSA) is 46.6 Å². The van der Waals surface area contributed by atoms with Gasteiger partial charge in [0.1, 0.15) is 11.9 Å². The minimum Gasteiger partial charge on any atom is -0.443 e. The van der Waals surface area contributed by atoms with Gasteiger partial charge in [-0.25, -0.2) is 4.79 Å². The quantitative estimate of drug-likeness (QED) is 0.773. The van der Waals surface area contributed by atoms with E-state index in [1.807, 2.05) is 18.2 Å².